The van der Waals surface area contributed by atoms with Gasteiger partial charge in [0.05, 0.1) is 10.8 Å². The topological polar surface area (TPSA) is 17.1 Å². The minimum atomic E-state index is -0.912. The zero-order valence-corrected chi connectivity index (χ0v) is 7.54. The summed E-state index contributed by atoms with van der Waals surface area (Å²) in [6.07, 6.45) is 0. The fourth-order valence-corrected chi connectivity index (χ4v) is 3.97. The van der Waals surface area contributed by atoms with Crippen LogP contribution >= 0.6 is 35.0 Å². The van der Waals surface area contributed by atoms with Crippen LogP contribution in [0.1, 0.15) is 0 Å². The van der Waals surface area contributed by atoms with Crippen LogP contribution in [0.2, 0.25) is 0 Å². The summed E-state index contributed by atoms with van der Waals surface area (Å²) in [5.74, 6) is 1.55. The van der Waals surface area contributed by atoms with Crippen LogP contribution in [-0.2, 0) is 10.8 Å². The Morgan fingerprint density at radius 3 is 2.56 bits per heavy atom. The molecule has 0 saturated carbocycles. The van der Waals surface area contributed by atoms with E-state index in [2.05, 4.69) is 0 Å². The normalized spacial score (nSPS) is 26.9. The smallest absolute Gasteiger partial charge is 0.129 e. The molecule has 52 valence electrons. The van der Waals surface area contributed by atoms with Gasteiger partial charge < -0.3 is 0 Å². The van der Waals surface area contributed by atoms with Gasteiger partial charge in [-0.05, 0) is 0 Å². The van der Waals surface area contributed by atoms with E-state index in [9.17, 15) is 4.21 Å². The van der Waals surface area contributed by atoms with E-state index in [4.69, 9.17) is 23.2 Å². The van der Waals surface area contributed by atoms with Crippen molar-refractivity contribution in [3.63, 3.8) is 0 Å². The van der Waals surface area contributed by atoms with E-state index in [1.165, 1.54) is 11.8 Å². The lowest BCUT2D eigenvalue weighted by atomic mass is 11.0. The minimum absolute atomic E-state index is 0.163. The average Bonchev–Trinajstić information content (AvgIpc) is 2.13. The molecule has 0 bridgehead atoms. The molecule has 1 nitrogen and oxygen atoms in total. The third-order valence-electron chi connectivity index (χ3n) is 0.863. The maximum absolute atomic E-state index is 10.9. The highest BCUT2D eigenvalue weighted by Crippen LogP contribution is 2.33. The van der Waals surface area contributed by atoms with Crippen molar-refractivity contribution in [2.45, 2.75) is 0 Å². The number of hydrogen-bond donors (Lipinski definition) is 0. The van der Waals surface area contributed by atoms with E-state index >= 15 is 0 Å². The molecule has 0 spiro atoms. The Bertz CT molecular complexity index is 173. The zero-order valence-electron chi connectivity index (χ0n) is 4.39. The molecule has 1 fully saturated rings. The molecule has 0 aromatic carbocycles. The first-order valence-electron chi connectivity index (χ1n) is 2.28. The van der Waals surface area contributed by atoms with Crippen LogP contribution in [0, 0.1) is 0 Å². The minimum Gasteiger partial charge on any atom is -0.254 e. The van der Waals surface area contributed by atoms with E-state index in [0.29, 0.717) is 9.99 Å². The Labute approximate surface area is 70.2 Å². The largest absolute Gasteiger partial charge is 0.254 e. The first-order valence-corrected chi connectivity index (χ1v) is 5.34. The van der Waals surface area contributed by atoms with Crippen molar-refractivity contribution in [2.75, 3.05) is 11.5 Å². The summed E-state index contributed by atoms with van der Waals surface area (Å²) in [7, 11) is -0.912. The van der Waals surface area contributed by atoms with Crippen LogP contribution in [0.4, 0.5) is 0 Å². The van der Waals surface area contributed by atoms with Crippen LogP contribution in [0.25, 0.3) is 0 Å². The van der Waals surface area contributed by atoms with Gasteiger partial charge in [0.1, 0.15) is 8.73 Å². The molecule has 1 aliphatic heterocycles. The standard InChI is InChI=1S/C4H4Cl2OS2/c5-3(6)4-8-1-2-9(4)7/h1-2H2. The summed E-state index contributed by atoms with van der Waals surface area (Å²) < 4.78 is 11.7. The van der Waals surface area contributed by atoms with Crippen molar-refractivity contribution in [2.24, 2.45) is 0 Å². The lowest BCUT2D eigenvalue weighted by molar-refractivity contribution is 0.689. The zero-order chi connectivity index (χ0) is 6.85. The molecule has 0 N–H and O–H groups in total. The van der Waals surface area contributed by atoms with Crippen molar-refractivity contribution >= 4 is 45.8 Å². The predicted molar refractivity (Wildman–Crippen MR) is 44.2 cm³/mol. The van der Waals surface area contributed by atoms with Gasteiger partial charge in [-0.2, -0.15) is 0 Å². The maximum atomic E-state index is 10.9. The Hall–Kier alpha value is 0.820. The summed E-state index contributed by atoms with van der Waals surface area (Å²) in [5, 5.41) is 0. The van der Waals surface area contributed by atoms with E-state index in [1.807, 2.05) is 0 Å². The van der Waals surface area contributed by atoms with Crippen molar-refractivity contribution in [1.82, 2.24) is 0 Å². The quantitative estimate of drug-likeness (QED) is 0.599. The average molecular weight is 203 g/mol. The molecule has 0 amide bonds. The summed E-state index contributed by atoms with van der Waals surface area (Å²) in [4.78, 5) is 0. The molecule has 1 rings (SSSR count). The predicted octanol–water partition coefficient (Wildman–Crippen LogP) is 2.09. The fraction of sp³-hybridized carbons (Fsp3) is 0.500. The van der Waals surface area contributed by atoms with Crippen LogP contribution in [0.5, 0.6) is 0 Å². The Balaban J connectivity index is 2.83. The lowest BCUT2D eigenvalue weighted by Gasteiger charge is -1.89. The molecule has 1 aliphatic rings. The molecule has 5 heteroatoms. The van der Waals surface area contributed by atoms with Gasteiger partial charge in [-0.25, -0.2) is 0 Å². The molecule has 0 aliphatic carbocycles. The van der Waals surface area contributed by atoms with Gasteiger partial charge in [-0.1, -0.05) is 23.2 Å². The van der Waals surface area contributed by atoms with Gasteiger partial charge in [-0.3, -0.25) is 4.21 Å². The van der Waals surface area contributed by atoms with Gasteiger partial charge in [0.2, 0.25) is 0 Å². The molecule has 1 unspecified atom stereocenters. The van der Waals surface area contributed by atoms with Crippen LogP contribution in [0.3, 0.4) is 0 Å². The number of rotatable bonds is 0. The van der Waals surface area contributed by atoms with Crippen molar-refractivity contribution in [3.05, 3.63) is 8.73 Å². The monoisotopic (exact) mass is 202 g/mol. The summed E-state index contributed by atoms with van der Waals surface area (Å²) >= 11 is 12.3. The van der Waals surface area contributed by atoms with Crippen LogP contribution < -0.4 is 0 Å². The molecule has 0 aromatic heterocycles. The van der Waals surface area contributed by atoms with Gasteiger partial charge in [0.25, 0.3) is 0 Å². The lowest BCUT2D eigenvalue weighted by Crippen LogP contribution is -1.87. The Morgan fingerprint density at radius 1 is 1.67 bits per heavy atom. The summed E-state index contributed by atoms with van der Waals surface area (Å²) in [6, 6.07) is 0. The number of thioether (sulfide) groups is 1. The number of hydrogen-bond acceptors (Lipinski definition) is 2. The molecule has 0 aromatic rings. The molecule has 1 saturated heterocycles. The highest BCUT2D eigenvalue weighted by molar-refractivity contribution is 8.19. The van der Waals surface area contributed by atoms with Crippen molar-refractivity contribution in [3.8, 4) is 0 Å². The summed E-state index contributed by atoms with van der Waals surface area (Å²) in [6.45, 7) is 0. The van der Waals surface area contributed by atoms with Gasteiger partial charge in [-0.15, -0.1) is 11.8 Å². The SMILES string of the molecule is O=S1CCSC1=C(Cl)Cl. The number of halogens is 2. The molecule has 1 atom stereocenters. The van der Waals surface area contributed by atoms with Gasteiger partial charge in [0, 0.05) is 11.5 Å². The van der Waals surface area contributed by atoms with Gasteiger partial charge in [0.15, 0.2) is 0 Å². The first kappa shape index (κ1) is 7.92. The van der Waals surface area contributed by atoms with E-state index in [0.717, 1.165) is 5.75 Å². The highest BCUT2D eigenvalue weighted by Gasteiger charge is 2.18. The second-order valence-corrected chi connectivity index (χ2v) is 5.27. The third-order valence-corrected chi connectivity index (χ3v) is 4.93. The second kappa shape index (κ2) is 3.28. The molecular weight excluding hydrogens is 199 g/mol. The molecule has 9 heavy (non-hydrogen) atoms. The maximum Gasteiger partial charge on any atom is 0.129 e. The van der Waals surface area contributed by atoms with Gasteiger partial charge >= 0.3 is 0 Å². The van der Waals surface area contributed by atoms with Crippen molar-refractivity contribution in [1.29, 1.82) is 0 Å². The van der Waals surface area contributed by atoms with Crippen LogP contribution in [-0.4, -0.2) is 15.7 Å². The molecular formula is C4H4Cl2OS2. The van der Waals surface area contributed by atoms with E-state index < -0.39 is 10.8 Å². The molecule has 0 radical (unpaired) electrons. The van der Waals surface area contributed by atoms with E-state index in [-0.39, 0.29) is 4.49 Å². The Kier molecular flexibility index (Phi) is 2.89. The molecule has 1 heterocycles. The van der Waals surface area contributed by atoms with Crippen molar-refractivity contribution < 1.29 is 4.21 Å². The first-order chi connectivity index (χ1) is 4.22. The Morgan fingerprint density at radius 2 is 2.33 bits per heavy atom. The third kappa shape index (κ3) is 1.87. The van der Waals surface area contributed by atoms with E-state index in [1.54, 1.807) is 0 Å². The second-order valence-electron chi connectivity index (χ2n) is 1.45. The fourth-order valence-electron chi connectivity index (χ4n) is 0.509. The highest BCUT2D eigenvalue weighted by atomic mass is 35.5. The van der Waals surface area contributed by atoms with Crippen LogP contribution in [0.15, 0.2) is 8.73 Å². The summed E-state index contributed by atoms with van der Waals surface area (Å²) in [5.41, 5.74) is 0.